The van der Waals surface area contributed by atoms with Crippen molar-refractivity contribution >= 4 is 33.4 Å². The van der Waals surface area contributed by atoms with Crippen molar-refractivity contribution in [1.82, 2.24) is 15.2 Å². The van der Waals surface area contributed by atoms with Crippen LogP contribution in [0.5, 0.6) is 0 Å². The highest BCUT2D eigenvalue weighted by Crippen LogP contribution is 2.28. The Hall–Kier alpha value is -1.72. The van der Waals surface area contributed by atoms with Gasteiger partial charge in [0.1, 0.15) is 5.69 Å². The van der Waals surface area contributed by atoms with Crippen molar-refractivity contribution in [3.63, 3.8) is 0 Å². The maximum Gasteiger partial charge on any atom is 0.270 e. The van der Waals surface area contributed by atoms with Gasteiger partial charge in [-0.15, -0.1) is 11.3 Å². The number of hydrogen-bond donors (Lipinski definition) is 1. The molecule has 1 N–H and O–H groups in total. The van der Waals surface area contributed by atoms with E-state index in [1.165, 1.54) is 19.5 Å². The van der Waals surface area contributed by atoms with Gasteiger partial charge in [-0.2, -0.15) is 0 Å². The van der Waals surface area contributed by atoms with E-state index in [1.807, 2.05) is 17.5 Å². The lowest BCUT2D eigenvalue weighted by atomic mass is 9.97. The summed E-state index contributed by atoms with van der Waals surface area (Å²) < 4.78 is 1.09. The highest BCUT2D eigenvalue weighted by atomic mass is 32.1. The molecule has 2 aromatic heterocycles. The van der Waals surface area contributed by atoms with E-state index in [0.29, 0.717) is 5.69 Å². The van der Waals surface area contributed by atoms with Crippen molar-refractivity contribution in [3.8, 4) is 0 Å². The van der Waals surface area contributed by atoms with Crippen LogP contribution in [0.3, 0.4) is 0 Å². The molecule has 114 valence electrons. The van der Waals surface area contributed by atoms with Crippen LogP contribution in [-0.2, 0) is 0 Å². The quantitative estimate of drug-likeness (QED) is 0.948. The van der Waals surface area contributed by atoms with Gasteiger partial charge in [0.25, 0.3) is 5.91 Å². The molecule has 4 rings (SSSR count). The summed E-state index contributed by atoms with van der Waals surface area (Å²) in [5.74, 6) is 0.689. The molecule has 0 radical (unpaired) electrons. The number of rotatable bonds is 3. The largest absolute Gasteiger partial charge is 0.347 e. The first-order valence-electron chi connectivity index (χ1n) is 7.76. The number of fused-ring (bicyclic) bond motifs is 3. The number of carbonyl (C=O) groups is 1. The molecule has 0 saturated carbocycles. The van der Waals surface area contributed by atoms with E-state index in [4.69, 9.17) is 0 Å². The van der Waals surface area contributed by atoms with Crippen LogP contribution in [0.15, 0.2) is 24.2 Å². The molecule has 22 heavy (non-hydrogen) atoms. The maximum atomic E-state index is 12.5. The first-order chi connectivity index (χ1) is 10.7. The van der Waals surface area contributed by atoms with Crippen molar-refractivity contribution in [1.29, 1.82) is 0 Å². The summed E-state index contributed by atoms with van der Waals surface area (Å²) in [5.41, 5.74) is 1.57. The number of pyridine rings is 1. The molecule has 0 aliphatic carbocycles. The molecule has 4 nitrogen and oxygen atoms in total. The topological polar surface area (TPSA) is 45.2 Å². The van der Waals surface area contributed by atoms with E-state index in [1.54, 1.807) is 17.5 Å². The first-order valence-corrected chi connectivity index (χ1v) is 8.64. The van der Waals surface area contributed by atoms with Gasteiger partial charge in [-0.3, -0.25) is 4.79 Å². The van der Waals surface area contributed by atoms with Gasteiger partial charge in [-0.1, -0.05) is 12.7 Å². The zero-order valence-corrected chi connectivity index (χ0v) is 13.2. The molecule has 3 unspecified atom stereocenters. The molecular formula is C17H19N3OS. The molecule has 4 heterocycles. The Balaban J connectivity index is 1.53. The van der Waals surface area contributed by atoms with Crippen LogP contribution in [0.25, 0.3) is 16.2 Å². The average molecular weight is 313 g/mol. The fourth-order valence-corrected chi connectivity index (χ4v) is 4.55. The number of aromatic nitrogens is 1. The Morgan fingerprint density at radius 1 is 1.50 bits per heavy atom. The molecule has 2 aliphatic rings. The van der Waals surface area contributed by atoms with Crippen LogP contribution in [0.1, 0.15) is 28.9 Å². The van der Waals surface area contributed by atoms with Gasteiger partial charge in [0.15, 0.2) is 0 Å². The maximum absolute atomic E-state index is 12.5. The molecule has 0 spiro atoms. The summed E-state index contributed by atoms with van der Waals surface area (Å²) in [6, 6.07) is 2.14. The summed E-state index contributed by atoms with van der Waals surface area (Å²) in [6.45, 7) is 7.18. The summed E-state index contributed by atoms with van der Waals surface area (Å²) >= 11 is 1.63. The molecular weight excluding hydrogens is 294 g/mol. The molecule has 2 saturated heterocycles. The Labute approximate surface area is 133 Å². The van der Waals surface area contributed by atoms with Gasteiger partial charge >= 0.3 is 0 Å². The summed E-state index contributed by atoms with van der Waals surface area (Å²) in [4.78, 5) is 19.3. The average Bonchev–Trinajstić information content (AvgIpc) is 3.09. The third kappa shape index (κ3) is 2.44. The smallest absolute Gasteiger partial charge is 0.270 e. The number of carbonyl (C=O) groups excluding carboxylic acids is 1. The van der Waals surface area contributed by atoms with Gasteiger partial charge in [0.2, 0.25) is 0 Å². The Kier molecular flexibility index (Phi) is 3.47. The molecule has 5 heteroatoms. The number of hydrogen-bond acceptors (Lipinski definition) is 4. The van der Waals surface area contributed by atoms with Crippen molar-refractivity contribution in [2.75, 3.05) is 19.6 Å². The Bertz CT molecular complexity index is 727. The van der Waals surface area contributed by atoms with Crippen molar-refractivity contribution in [2.24, 2.45) is 5.92 Å². The second kappa shape index (κ2) is 5.48. The SMILES string of the molecule is C=Cc1csc2cnc(C(=O)NC3CC4CCN(C4)C3)cc12. The fraction of sp³-hybridized carbons (Fsp3) is 0.412. The number of thiophene rings is 1. The monoisotopic (exact) mass is 313 g/mol. The minimum atomic E-state index is -0.0596. The van der Waals surface area contributed by atoms with E-state index < -0.39 is 0 Å². The van der Waals surface area contributed by atoms with Gasteiger partial charge in [0.05, 0.1) is 4.70 Å². The highest BCUT2D eigenvalue weighted by molar-refractivity contribution is 7.17. The van der Waals surface area contributed by atoms with Crippen molar-refractivity contribution < 1.29 is 4.79 Å². The van der Waals surface area contributed by atoms with Crippen LogP contribution >= 0.6 is 11.3 Å². The zero-order valence-electron chi connectivity index (χ0n) is 12.4. The van der Waals surface area contributed by atoms with E-state index in [0.717, 1.165) is 34.5 Å². The van der Waals surface area contributed by atoms with E-state index in [2.05, 4.69) is 21.8 Å². The molecule has 2 fully saturated rings. The highest BCUT2D eigenvalue weighted by Gasteiger charge is 2.33. The zero-order chi connectivity index (χ0) is 15.1. The first kappa shape index (κ1) is 13.9. The van der Waals surface area contributed by atoms with E-state index >= 15 is 0 Å². The van der Waals surface area contributed by atoms with Crippen LogP contribution < -0.4 is 5.32 Å². The predicted molar refractivity (Wildman–Crippen MR) is 90.1 cm³/mol. The molecule has 2 aromatic rings. The number of nitrogens with zero attached hydrogens (tertiary/aromatic N) is 2. The molecule has 3 atom stereocenters. The predicted octanol–water partition coefficient (Wildman–Crippen LogP) is 2.76. The summed E-state index contributed by atoms with van der Waals surface area (Å²) in [6.07, 6.45) is 5.98. The number of amides is 1. The van der Waals surface area contributed by atoms with Crippen LogP contribution in [0.2, 0.25) is 0 Å². The minimum Gasteiger partial charge on any atom is -0.347 e. The lowest BCUT2D eigenvalue weighted by Crippen LogP contribution is -2.47. The lowest BCUT2D eigenvalue weighted by Gasteiger charge is -2.30. The van der Waals surface area contributed by atoms with E-state index in [-0.39, 0.29) is 11.9 Å². The minimum absolute atomic E-state index is 0.0596. The molecule has 2 aliphatic heterocycles. The number of nitrogens with one attached hydrogen (secondary N) is 1. The summed E-state index contributed by atoms with van der Waals surface area (Å²) in [7, 11) is 0. The van der Waals surface area contributed by atoms with Crippen LogP contribution in [-0.4, -0.2) is 41.5 Å². The normalized spacial score (nSPS) is 27.0. The Morgan fingerprint density at radius 2 is 2.41 bits per heavy atom. The van der Waals surface area contributed by atoms with Gasteiger partial charge in [-0.25, -0.2) is 4.98 Å². The molecule has 1 amide bonds. The Morgan fingerprint density at radius 3 is 3.23 bits per heavy atom. The third-order valence-electron chi connectivity index (χ3n) is 4.75. The molecule has 2 bridgehead atoms. The van der Waals surface area contributed by atoms with Crippen molar-refractivity contribution in [2.45, 2.75) is 18.9 Å². The molecule has 0 aromatic carbocycles. The van der Waals surface area contributed by atoms with Gasteiger partial charge in [0, 0.05) is 30.7 Å². The second-order valence-corrected chi connectivity index (χ2v) is 7.19. The summed E-state index contributed by atoms with van der Waals surface area (Å²) in [5, 5.41) is 6.28. The van der Waals surface area contributed by atoms with Gasteiger partial charge in [-0.05, 0) is 42.3 Å². The van der Waals surface area contributed by atoms with Crippen LogP contribution in [0.4, 0.5) is 0 Å². The van der Waals surface area contributed by atoms with E-state index in [9.17, 15) is 4.79 Å². The van der Waals surface area contributed by atoms with Crippen molar-refractivity contribution in [3.05, 3.63) is 35.5 Å². The van der Waals surface area contributed by atoms with Crippen LogP contribution in [0, 0.1) is 5.92 Å². The lowest BCUT2D eigenvalue weighted by molar-refractivity contribution is 0.0904. The fourth-order valence-electron chi connectivity index (χ4n) is 3.66. The number of piperidine rings is 1. The third-order valence-corrected chi connectivity index (χ3v) is 5.70. The second-order valence-electron chi connectivity index (χ2n) is 6.28. The standard InChI is InChI=1S/C17H19N3OS/c1-2-12-10-22-16-7-18-15(6-14(12)16)17(21)19-13-5-11-3-4-20(8-11)9-13/h2,6-7,10-11,13H,1,3-5,8-9H2,(H,19,21). The van der Waals surface area contributed by atoms with Gasteiger partial charge < -0.3 is 10.2 Å².